The number of hydrazine groups is 2. The molecule has 0 bridgehead atoms. The molecule has 2 aromatic rings. The fraction of sp³-hybridized carbons (Fsp3) is 0.263. The van der Waals surface area contributed by atoms with Gasteiger partial charge >= 0.3 is 0 Å². The first-order chi connectivity index (χ1) is 11.3. The van der Waals surface area contributed by atoms with E-state index in [-0.39, 0.29) is 11.2 Å². The van der Waals surface area contributed by atoms with Crippen molar-refractivity contribution >= 4 is 28.7 Å². The molecule has 0 fully saturated rings. The van der Waals surface area contributed by atoms with Gasteiger partial charge in [-0.1, -0.05) is 50.6 Å². The van der Waals surface area contributed by atoms with Gasteiger partial charge in [0.2, 0.25) is 0 Å². The van der Waals surface area contributed by atoms with Gasteiger partial charge in [-0.2, -0.15) is 5.12 Å². The molecular formula is C19H22ClN3O. The van der Waals surface area contributed by atoms with Gasteiger partial charge in [0, 0.05) is 10.6 Å². The van der Waals surface area contributed by atoms with Crippen LogP contribution >= 0.6 is 11.6 Å². The smallest absolute Gasteiger partial charge is 0.146 e. The normalized spacial score (nSPS) is 13.7. The number of fused-ring (bicyclic) bond motifs is 1. The van der Waals surface area contributed by atoms with Gasteiger partial charge < -0.3 is 5.11 Å². The number of nitrogens with one attached hydrogen (secondary N) is 1. The van der Waals surface area contributed by atoms with Gasteiger partial charge in [-0.05, 0) is 29.7 Å². The third-order valence-electron chi connectivity index (χ3n) is 4.06. The molecule has 24 heavy (non-hydrogen) atoms. The average Bonchev–Trinajstić information content (AvgIpc) is 2.84. The summed E-state index contributed by atoms with van der Waals surface area (Å²) in [6.45, 7) is 10.7. The standard InChI is InChI=1S/C19H22ClN3O/c1-5-11-22-16-10-9-13(20)12-15(16)21-23(22)17-8-6-7-14(18(17)24)19(2,3)4/h5-10,12,21,24H,1,11H2,2-4H3. The van der Waals surface area contributed by atoms with E-state index in [1.54, 1.807) is 0 Å². The second-order valence-electron chi connectivity index (χ2n) is 6.88. The van der Waals surface area contributed by atoms with E-state index >= 15 is 0 Å². The Hall–Kier alpha value is -2.33. The summed E-state index contributed by atoms with van der Waals surface area (Å²) in [7, 11) is 0. The van der Waals surface area contributed by atoms with Crippen LogP contribution in [0.2, 0.25) is 5.02 Å². The Morgan fingerprint density at radius 1 is 1.21 bits per heavy atom. The van der Waals surface area contributed by atoms with Crippen molar-refractivity contribution in [3.63, 3.8) is 0 Å². The first-order valence-electron chi connectivity index (χ1n) is 7.90. The van der Waals surface area contributed by atoms with Crippen molar-refractivity contribution in [2.24, 2.45) is 0 Å². The van der Waals surface area contributed by atoms with Crippen molar-refractivity contribution in [2.45, 2.75) is 26.2 Å². The minimum absolute atomic E-state index is 0.154. The molecule has 4 nitrogen and oxygen atoms in total. The van der Waals surface area contributed by atoms with Crippen LogP contribution in [0, 0.1) is 0 Å². The van der Waals surface area contributed by atoms with Crippen LogP contribution in [-0.4, -0.2) is 11.7 Å². The number of anilines is 3. The van der Waals surface area contributed by atoms with Crippen LogP contribution < -0.4 is 15.6 Å². The maximum absolute atomic E-state index is 10.8. The zero-order chi connectivity index (χ0) is 17.5. The molecule has 0 aromatic heterocycles. The highest BCUT2D eigenvalue weighted by Gasteiger charge is 2.30. The summed E-state index contributed by atoms with van der Waals surface area (Å²) in [5.74, 6) is 0.269. The van der Waals surface area contributed by atoms with E-state index in [9.17, 15) is 5.11 Å². The molecule has 1 heterocycles. The zero-order valence-corrected chi connectivity index (χ0v) is 14.9. The van der Waals surface area contributed by atoms with Gasteiger partial charge in [0.15, 0.2) is 0 Å². The third-order valence-corrected chi connectivity index (χ3v) is 4.29. The van der Waals surface area contributed by atoms with Gasteiger partial charge in [-0.25, -0.2) is 0 Å². The maximum atomic E-state index is 10.8. The van der Waals surface area contributed by atoms with Crippen molar-refractivity contribution in [2.75, 3.05) is 22.1 Å². The Morgan fingerprint density at radius 3 is 2.62 bits per heavy atom. The van der Waals surface area contributed by atoms with Crippen LogP contribution in [0.1, 0.15) is 26.3 Å². The Bertz CT molecular complexity index is 783. The van der Waals surface area contributed by atoms with E-state index in [4.69, 9.17) is 11.6 Å². The topological polar surface area (TPSA) is 38.7 Å². The van der Waals surface area contributed by atoms with E-state index in [1.165, 1.54) is 0 Å². The number of aromatic hydroxyl groups is 1. The molecule has 3 rings (SSSR count). The predicted molar refractivity (Wildman–Crippen MR) is 102 cm³/mol. The second kappa shape index (κ2) is 5.95. The Morgan fingerprint density at radius 2 is 1.96 bits per heavy atom. The molecule has 1 aliphatic rings. The van der Waals surface area contributed by atoms with E-state index in [2.05, 4.69) is 32.8 Å². The average molecular weight is 344 g/mol. The number of phenolic OH excluding ortho intramolecular Hbond substituents is 1. The van der Waals surface area contributed by atoms with Gasteiger partial charge in [0.25, 0.3) is 0 Å². The summed E-state index contributed by atoms with van der Waals surface area (Å²) in [6, 6.07) is 11.5. The number of nitrogens with zero attached hydrogens (tertiary/aromatic N) is 2. The molecule has 0 radical (unpaired) electrons. The number of hydrogen-bond donors (Lipinski definition) is 2. The Labute approximate surface area is 147 Å². The van der Waals surface area contributed by atoms with Gasteiger partial charge in [0.05, 0.1) is 17.9 Å². The largest absolute Gasteiger partial charge is 0.505 e. The monoisotopic (exact) mass is 343 g/mol. The molecule has 0 saturated carbocycles. The van der Waals surface area contributed by atoms with Crippen LogP contribution in [0.25, 0.3) is 0 Å². The summed E-state index contributed by atoms with van der Waals surface area (Å²) in [5.41, 5.74) is 6.63. The van der Waals surface area contributed by atoms with Crippen molar-refractivity contribution in [3.05, 3.63) is 59.6 Å². The molecule has 0 unspecified atom stereocenters. The third kappa shape index (κ3) is 2.78. The number of phenols is 1. The SMILES string of the molecule is C=CCN1c2ccc(Cl)cc2NN1c1cccc(C(C)(C)C)c1O. The van der Waals surface area contributed by atoms with E-state index in [1.807, 2.05) is 52.6 Å². The molecule has 0 aliphatic carbocycles. The van der Waals surface area contributed by atoms with E-state index in [0.717, 1.165) is 16.9 Å². The summed E-state index contributed by atoms with van der Waals surface area (Å²) in [4.78, 5) is 0. The highest BCUT2D eigenvalue weighted by molar-refractivity contribution is 6.31. The molecule has 126 valence electrons. The highest BCUT2D eigenvalue weighted by atomic mass is 35.5. The van der Waals surface area contributed by atoms with Crippen LogP contribution in [0.5, 0.6) is 5.75 Å². The highest BCUT2D eigenvalue weighted by Crippen LogP contribution is 2.43. The molecule has 0 amide bonds. The van der Waals surface area contributed by atoms with E-state index < -0.39 is 0 Å². The quantitative estimate of drug-likeness (QED) is 0.761. The lowest BCUT2D eigenvalue weighted by atomic mass is 9.86. The lowest BCUT2D eigenvalue weighted by Crippen LogP contribution is -2.42. The van der Waals surface area contributed by atoms with Crippen molar-refractivity contribution in [1.29, 1.82) is 0 Å². The van der Waals surface area contributed by atoms with Gasteiger partial charge in [-0.3, -0.25) is 10.4 Å². The zero-order valence-electron chi connectivity index (χ0n) is 14.2. The lowest BCUT2D eigenvalue weighted by Gasteiger charge is -2.32. The van der Waals surface area contributed by atoms with Crippen molar-refractivity contribution in [1.82, 2.24) is 0 Å². The molecule has 0 atom stereocenters. The summed E-state index contributed by atoms with van der Waals surface area (Å²) in [6.07, 6.45) is 1.82. The number of hydrogen-bond acceptors (Lipinski definition) is 4. The molecule has 0 spiro atoms. The second-order valence-corrected chi connectivity index (χ2v) is 7.32. The molecule has 2 N–H and O–H groups in total. The van der Waals surface area contributed by atoms with E-state index in [0.29, 0.717) is 17.3 Å². The Kier molecular flexibility index (Phi) is 4.10. The number of para-hydroxylation sites is 1. The number of benzene rings is 2. The van der Waals surface area contributed by atoms with Crippen LogP contribution in [0.15, 0.2) is 49.1 Å². The predicted octanol–water partition coefficient (Wildman–Crippen LogP) is 5.10. The summed E-state index contributed by atoms with van der Waals surface area (Å²) < 4.78 is 0. The minimum Gasteiger partial charge on any atom is -0.505 e. The van der Waals surface area contributed by atoms with Crippen LogP contribution in [0.3, 0.4) is 0 Å². The first-order valence-corrected chi connectivity index (χ1v) is 8.28. The molecular weight excluding hydrogens is 322 g/mol. The lowest BCUT2D eigenvalue weighted by molar-refractivity contribution is 0.446. The molecule has 2 aromatic carbocycles. The number of rotatable bonds is 3. The summed E-state index contributed by atoms with van der Waals surface area (Å²) in [5, 5.41) is 15.4. The van der Waals surface area contributed by atoms with Crippen molar-refractivity contribution in [3.8, 4) is 5.75 Å². The minimum atomic E-state index is -0.154. The number of halogens is 1. The van der Waals surface area contributed by atoms with Crippen LogP contribution in [0.4, 0.5) is 17.1 Å². The summed E-state index contributed by atoms with van der Waals surface area (Å²) >= 11 is 6.11. The molecule has 0 saturated heterocycles. The van der Waals surface area contributed by atoms with Gasteiger partial charge in [0.1, 0.15) is 11.4 Å². The molecule has 5 heteroatoms. The fourth-order valence-electron chi connectivity index (χ4n) is 2.91. The maximum Gasteiger partial charge on any atom is 0.146 e. The fourth-order valence-corrected chi connectivity index (χ4v) is 3.08. The van der Waals surface area contributed by atoms with Gasteiger partial charge in [-0.15, -0.1) is 6.58 Å². The first kappa shape index (κ1) is 16.5. The Balaban J connectivity index is 2.08. The molecule has 1 aliphatic heterocycles. The van der Waals surface area contributed by atoms with Crippen LogP contribution in [-0.2, 0) is 5.41 Å². The van der Waals surface area contributed by atoms with Crippen molar-refractivity contribution < 1.29 is 5.11 Å².